The summed E-state index contributed by atoms with van der Waals surface area (Å²) in [6, 6.07) is 7.83. The number of nitrogens with zero attached hydrogens (tertiary/aromatic N) is 3. The molecule has 1 aromatic heterocycles. The zero-order chi connectivity index (χ0) is 24.3. The summed E-state index contributed by atoms with van der Waals surface area (Å²) < 4.78 is 7.46. The number of amides is 1. The summed E-state index contributed by atoms with van der Waals surface area (Å²) in [6.45, 7) is 2.28. The first-order valence-electron chi connectivity index (χ1n) is 12.4. The Morgan fingerprint density at radius 2 is 1.74 bits per heavy atom. The lowest BCUT2D eigenvalue weighted by atomic mass is 9.74. The highest BCUT2D eigenvalue weighted by atomic mass is 16.5. The maximum Gasteiger partial charge on any atom is 0.312 e. The van der Waals surface area contributed by atoms with E-state index in [1.54, 1.807) is 4.90 Å². The van der Waals surface area contributed by atoms with Crippen LogP contribution in [0.5, 0.6) is 0 Å². The van der Waals surface area contributed by atoms with Crippen molar-refractivity contribution in [1.82, 2.24) is 14.4 Å². The molecule has 2 atom stereocenters. The highest BCUT2D eigenvalue weighted by molar-refractivity contribution is 6.07. The molecule has 2 fully saturated rings. The first kappa shape index (κ1) is 24.7. The van der Waals surface area contributed by atoms with Crippen molar-refractivity contribution in [1.29, 1.82) is 0 Å². The molecule has 2 aromatic rings. The van der Waals surface area contributed by atoms with E-state index in [4.69, 9.17) is 4.74 Å². The van der Waals surface area contributed by atoms with E-state index < -0.39 is 17.6 Å². The maximum atomic E-state index is 13.6. The lowest BCUT2D eigenvalue weighted by molar-refractivity contribution is -0.164. The number of carbonyl (C=O) groups is 2. The molecule has 3 heterocycles. The molecular weight excluding hydrogens is 434 g/mol. The van der Waals surface area contributed by atoms with Crippen LogP contribution < -0.4 is 0 Å². The van der Waals surface area contributed by atoms with Crippen LogP contribution in [0.2, 0.25) is 0 Å². The van der Waals surface area contributed by atoms with Crippen molar-refractivity contribution in [2.24, 2.45) is 12.5 Å². The summed E-state index contributed by atoms with van der Waals surface area (Å²) in [4.78, 5) is 30.6. The third kappa shape index (κ3) is 5.14. The number of cyclic esters (lactones) is 1. The lowest BCUT2D eigenvalue weighted by Crippen LogP contribution is -2.45. The number of benzene rings is 1. The number of esters is 1. The second-order valence-electron chi connectivity index (χ2n) is 10.0. The quantitative estimate of drug-likeness (QED) is 0.619. The molecule has 2 aliphatic rings. The SMILES string of the molecule is CN1CCC2(CCCCN(C(=O)c3cn(C)c4ccccc34)CC[C@H](O)[C@H](O)COC2=O)CC1. The Morgan fingerprint density at radius 1 is 1.00 bits per heavy atom. The fraction of sp³-hybridized carbons (Fsp3) is 0.615. The molecule has 0 aliphatic carbocycles. The number of aromatic nitrogens is 1. The van der Waals surface area contributed by atoms with Gasteiger partial charge in [0.05, 0.1) is 17.1 Å². The number of carbonyl (C=O) groups excluding carboxylic acids is 2. The minimum Gasteiger partial charge on any atom is -0.462 e. The van der Waals surface area contributed by atoms with E-state index in [-0.39, 0.29) is 24.9 Å². The molecular formula is C26H37N3O5. The average Bonchev–Trinajstić information content (AvgIpc) is 3.18. The van der Waals surface area contributed by atoms with Crippen molar-refractivity contribution < 1.29 is 24.5 Å². The molecule has 1 spiro atoms. The largest absolute Gasteiger partial charge is 0.462 e. The van der Waals surface area contributed by atoms with Gasteiger partial charge in [-0.1, -0.05) is 24.6 Å². The number of piperidine rings is 1. The van der Waals surface area contributed by atoms with Crippen LogP contribution in [0.15, 0.2) is 30.5 Å². The van der Waals surface area contributed by atoms with Crippen LogP contribution in [0.4, 0.5) is 0 Å². The van der Waals surface area contributed by atoms with E-state index in [1.807, 2.05) is 42.1 Å². The molecule has 2 saturated heterocycles. The number of para-hydroxylation sites is 1. The molecule has 34 heavy (non-hydrogen) atoms. The molecule has 0 unspecified atom stereocenters. The van der Waals surface area contributed by atoms with E-state index in [0.717, 1.165) is 49.7 Å². The van der Waals surface area contributed by atoms with Crippen molar-refractivity contribution in [2.45, 2.75) is 50.7 Å². The molecule has 4 rings (SSSR count). The number of hydrogen-bond acceptors (Lipinski definition) is 6. The zero-order valence-electron chi connectivity index (χ0n) is 20.3. The van der Waals surface area contributed by atoms with Gasteiger partial charge in [-0.15, -0.1) is 0 Å². The van der Waals surface area contributed by atoms with Crippen molar-refractivity contribution in [3.63, 3.8) is 0 Å². The van der Waals surface area contributed by atoms with Gasteiger partial charge in [0.15, 0.2) is 0 Å². The average molecular weight is 472 g/mol. The van der Waals surface area contributed by atoms with Crippen LogP contribution in [0.3, 0.4) is 0 Å². The molecule has 2 N–H and O–H groups in total. The van der Waals surface area contributed by atoms with Crippen molar-refractivity contribution in [2.75, 3.05) is 39.8 Å². The standard InChI is InChI=1S/C26H37N3O5/c1-27-15-11-26(12-16-27)10-5-6-13-29(14-9-22(30)23(31)18-34-25(26)33)24(32)20-17-28(2)21-8-4-3-7-19(20)21/h3-4,7-8,17,22-23,30-31H,5-6,9-16,18H2,1-2H3/t22-,23+/m0/s1. The second kappa shape index (κ2) is 10.5. The summed E-state index contributed by atoms with van der Waals surface area (Å²) in [5.74, 6) is -0.343. The summed E-state index contributed by atoms with van der Waals surface area (Å²) in [7, 11) is 3.98. The summed E-state index contributed by atoms with van der Waals surface area (Å²) in [5, 5.41) is 21.8. The summed E-state index contributed by atoms with van der Waals surface area (Å²) in [6.07, 6.45) is 3.54. The van der Waals surface area contributed by atoms with Crippen LogP contribution >= 0.6 is 0 Å². The highest BCUT2D eigenvalue weighted by Crippen LogP contribution is 2.38. The summed E-state index contributed by atoms with van der Waals surface area (Å²) in [5.41, 5.74) is 1.07. The molecule has 8 nitrogen and oxygen atoms in total. The molecule has 1 amide bonds. The van der Waals surface area contributed by atoms with E-state index in [2.05, 4.69) is 11.9 Å². The maximum absolute atomic E-state index is 13.6. The topological polar surface area (TPSA) is 95.2 Å². The van der Waals surface area contributed by atoms with Gasteiger partial charge in [0.1, 0.15) is 12.7 Å². The predicted octanol–water partition coefficient (Wildman–Crippen LogP) is 2.17. The lowest BCUT2D eigenvalue weighted by Gasteiger charge is -2.39. The number of aryl methyl sites for hydroxylation is 1. The smallest absolute Gasteiger partial charge is 0.312 e. The molecule has 1 aromatic carbocycles. The molecule has 2 aliphatic heterocycles. The number of ether oxygens (including phenoxy) is 1. The number of rotatable bonds is 1. The summed E-state index contributed by atoms with van der Waals surface area (Å²) >= 11 is 0. The normalized spacial score (nSPS) is 25.4. The Kier molecular flexibility index (Phi) is 7.60. The van der Waals surface area contributed by atoms with Crippen LogP contribution in [-0.4, -0.2) is 88.5 Å². The first-order chi connectivity index (χ1) is 16.3. The number of fused-ring (bicyclic) bond motifs is 1. The molecule has 0 radical (unpaired) electrons. The van der Waals surface area contributed by atoms with Gasteiger partial charge in [0.25, 0.3) is 5.91 Å². The Hall–Kier alpha value is -2.42. The number of hydrogen-bond donors (Lipinski definition) is 2. The van der Waals surface area contributed by atoms with Gasteiger partial charge in [-0.3, -0.25) is 9.59 Å². The molecule has 0 bridgehead atoms. The van der Waals surface area contributed by atoms with E-state index in [1.165, 1.54) is 0 Å². The number of aliphatic hydroxyl groups excluding tert-OH is 2. The van der Waals surface area contributed by atoms with Gasteiger partial charge in [0.2, 0.25) is 0 Å². The van der Waals surface area contributed by atoms with Crippen molar-refractivity contribution >= 4 is 22.8 Å². The fourth-order valence-corrected chi connectivity index (χ4v) is 5.27. The van der Waals surface area contributed by atoms with Crippen LogP contribution in [0.25, 0.3) is 10.9 Å². The van der Waals surface area contributed by atoms with E-state index in [0.29, 0.717) is 25.1 Å². The Balaban J connectivity index is 1.54. The number of likely N-dealkylation sites (tertiary alicyclic amines) is 1. The van der Waals surface area contributed by atoms with Crippen molar-refractivity contribution in [3.8, 4) is 0 Å². The zero-order valence-corrected chi connectivity index (χ0v) is 20.3. The number of aliphatic hydroxyl groups is 2. The van der Waals surface area contributed by atoms with Gasteiger partial charge in [-0.2, -0.15) is 0 Å². The highest BCUT2D eigenvalue weighted by Gasteiger charge is 2.42. The fourth-order valence-electron chi connectivity index (χ4n) is 5.27. The van der Waals surface area contributed by atoms with Gasteiger partial charge >= 0.3 is 5.97 Å². The second-order valence-corrected chi connectivity index (χ2v) is 10.0. The minimum atomic E-state index is -1.18. The van der Waals surface area contributed by atoms with Gasteiger partial charge < -0.3 is 29.3 Å². The van der Waals surface area contributed by atoms with Crippen LogP contribution in [0.1, 0.15) is 48.9 Å². The van der Waals surface area contributed by atoms with Crippen molar-refractivity contribution in [3.05, 3.63) is 36.0 Å². The van der Waals surface area contributed by atoms with Gasteiger partial charge in [0, 0.05) is 37.2 Å². The molecule has 0 saturated carbocycles. The molecule has 186 valence electrons. The Bertz CT molecular complexity index is 1010. The predicted molar refractivity (Wildman–Crippen MR) is 129 cm³/mol. The van der Waals surface area contributed by atoms with E-state index >= 15 is 0 Å². The minimum absolute atomic E-state index is 0.0744. The van der Waals surface area contributed by atoms with Gasteiger partial charge in [-0.25, -0.2) is 0 Å². The van der Waals surface area contributed by atoms with E-state index in [9.17, 15) is 19.8 Å². The van der Waals surface area contributed by atoms with Crippen LogP contribution in [-0.2, 0) is 16.6 Å². The first-order valence-corrected chi connectivity index (χ1v) is 12.4. The molecule has 8 heteroatoms. The van der Waals surface area contributed by atoms with Gasteiger partial charge in [-0.05, 0) is 58.3 Å². The Morgan fingerprint density at radius 3 is 2.50 bits per heavy atom. The van der Waals surface area contributed by atoms with Crippen LogP contribution in [0, 0.1) is 5.41 Å². The third-order valence-corrected chi connectivity index (χ3v) is 7.65. The monoisotopic (exact) mass is 471 g/mol. The third-order valence-electron chi connectivity index (χ3n) is 7.65. The Labute approximate surface area is 201 Å².